The lowest BCUT2D eigenvalue weighted by Gasteiger charge is -2.48. The number of aliphatic hydroxyl groups is 1. The molecule has 0 aromatic rings. The highest BCUT2D eigenvalue weighted by Crippen LogP contribution is 2.49. The smallest absolute Gasteiger partial charge is 0.105 e. The zero-order chi connectivity index (χ0) is 17.7. The average molecular weight is 322 g/mol. The van der Waals surface area contributed by atoms with Crippen LogP contribution in [0.2, 0.25) is 0 Å². The Labute approximate surface area is 144 Å². The van der Waals surface area contributed by atoms with Crippen molar-refractivity contribution >= 4 is 0 Å². The van der Waals surface area contributed by atoms with E-state index in [9.17, 15) is 5.11 Å². The second-order valence-electron chi connectivity index (χ2n) is 8.99. The largest absolute Gasteiger partial charge is 0.511 e. The first-order chi connectivity index (χ1) is 10.5. The molecule has 2 nitrogen and oxygen atoms in total. The van der Waals surface area contributed by atoms with E-state index in [1.54, 1.807) is 0 Å². The van der Waals surface area contributed by atoms with Gasteiger partial charge in [-0.2, -0.15) is 0 Å². The van der Waals surface area contributed by atoms with Crippen molar-refractivity contribution in [2.45, 2.75) is 91.5 Å². The van der Waals surface area contributed by atoms with Crippen molar-refractivity contribution in [3.05, 3.63) is 24.5 Å². The minimum atomic E-state index is -0.340. The van der Waals surface area contributed by atoms with E-state index in [2.05, 4.69) is 53.1 Å². The first-order valence-electron chi connectivity index (χ1n) is 9.32. The van der Waals surface area contributed by atoms with Crippen LogP contribution in [0.1, 0.15) is 86.0 Å². The Morgan fingerprint density at radius 2 is 1.91 bits per heavy atom. The summed E-state index contributed by atoms with van der Waals surface area (Å²) in [4.78, 5) is 0. The fourth-order valence-corrected chi connectivity index (χ4v) is 4.45. The number of piperidine rings is 1. The average Bonchev–Trinajstić information content (AvgIpc) is 2.42. The summed E-state index contributed by atoms with van der Waals surface area (Å²) in [5.41, 5.74) is 1.56. The molecular formula is C21H39NO. The second-order valence-corrected chi connectivity index (χ2v) is 8.99. The molecule has 23 heavy (non-hydrogen) atoms. The zero-order valence-corrected chi connectivity index (χ0v) is 16.2. The van der Waals surface area contributed by atoms with Gasteiger partial charge in [-0.25, -0.2) is 0 Å². The third-order valence-corrected chi connectivity index (χ3v) is 5.80. The zero-order valence-electron chi connectivity index (χ0n) is 16.2. The summed E-state index contributed by atoms with van der Waals surface area (Å²) in [6, 6.07) is 0. The Balaban J connectivity index is 2.87. The molecule has 0 aromatic carbocycles. The molecule has 0 bridgehead atoms. The number of aliphatic hydroxyl groups excluding tert-OH is 1. The van der Waals surface area contributed by atoms with Crippen LogP contribution in [0.25, 0.3) is 0 Å². The summed E-state index contributed by atoms with van der Waals surface area (Å²) in [6.45, 7) is 20.2. The van der Waals surface area contributed by atoms with Crippen molar-refractivity contribution in [3.8, 4) is 0 Å². The van der Waals surface area contributed by atoms with Crippen molar-refractivity contribution in [2.75, 3.05) is 6.54 Å². The van der Waals surface area contributed by atoms with E-state index in [4.69, 9.17) is 0 Å². The van der Waals surface area contributed by atoms with E-state index in [0.717, 1.165) is 19.4 Å². The molecule has 0 radical (unpaired) electrons. The third kappa shape index (κ3) is 5.99. The molecular weight excluding hydrogens is 282 g/mol. The molecule has 0 amide bonds. The highest BCUT2D eigenvalue weighted by Gasteiger charge is 2.44. The fraction of sp³-hybridized carbons (Fsp3) is 0.810. The minimum Gasteiger partial charge on any atom is -0.511 e. The van der Waals surface area contributed by atoms with Gasteiger partial charge in [0, 0.05) is 0 Å². The molecule has 0 saturated carbocycles. The van der Waals surface area contributed by atoms with Gasteiger partial charge in [-0.15, -0.1) is 6.58 Å². The molecule has 0 aliphatic carbocycles. The van der Waals surface area contributed by atoms with E-state index in [0.29, 0.717) is 5.41 Å². The van der Waals surface area contributed by atoms with Crippen molar-refractivity contribution in [1.82, 2.24) is 5.32 Å². The number of hydrogen-bond donors (Lipinski definition) is 2. The maximum absolute atomic E-state index is 10.0. The maximum Gasteiger partial charge on any atom is 0.105 e. The lowest BCUT2D eigenvalue weighted by atomic mass is 9.62. The third-order valence-electron chi connectivity index (χ3n) is 5.80. The van der Waals surface area contributed by atoms with Gasteiger partial charge in [0.2, 0.25) is 0 Å². The maximum atomic E-state index is 10.0. The van der Waals surface area contributed by atoms with Gasteiger partial charge >= 0.3 is 0 Å². The predicted molar refractivity (Wildman–Crippen MR) is 102 cm³/mol. The summed E-state index contributed by atoms with van der Waals surface area (Å²) in [7, 11) is 0. The summed E-state index contributed by atoms with van der Waals surface area (Å²) < 4.78 is 0. The van der Waals surface area contributed by atoms with Gasteiger partial charge in [0.15, 0.2) is 0 Å². The monoisotopic (exact) mass is 321 g/mol. The molecule has 0 unspecified atom stereocenters. The van der Waals surface area contributed by atoms with Crippen molar-refractivity contribution in [1.29, 1.82) is 0 Å². The van der Waals surface area contributed by atoms with Crippen LogP contribution in [-0.4, -0.2) is 17.2 Å². The Morgan fingerprint density at radius 1 is 1.26 bits per heavy atom. The summed E-state index contributed by atoms with van der Waals surface area (Å²) >= 11 is 0. The molecule has 134 valence electrons. The molecule has 1 fully saturated rings. The first-order valence-corrected chi connectivity index (χ1v) is 9.32. The van der Waals surface area contributed by atoms with Gasteiger partial charge in [-0.05, 0) is 69.7 Å². The Bertz CT molecular complexity index is 430. The van der Waals surface area contributed by atoms with Gasteiger partial charge < -0.3 is 10.4 Å². The standard InChI is InChI=1S/C21H39NO/c1-8-9-11-19(5,12-10-17(2)3)15-20(6)13-14-22-21(7,16-20)18(4)23/h22-23H,2,4,8-16H2,1,3,5-7H3/t19-,20-,21+/m1/s1. The normalized spacial score (nSPS) is 30.7. The Hall–Kier alpha value is -0.760. The number of allylic oxidation sites excluding steroid dienone is 1. The van der Waals surface area contributed by atoms with Crippen molar-refractivity contribution in [2.24, 2.45) is 10.8 Å². The summed E-state index contributed by atoms with van der Waals surface area (Å²) in [5, 5.41) is 13.5. The highest BCUT2D eigenvalue weighted by molar-refractivity contribution is 5.12. The van der Waals surface area contributed by atoms with E-state index in [1.807, 2.05) is 0 Å². The van der Waals surface area contributed by atoms with Crippen molar-refractivity contribution < 1.29 is 5.11 Å². The molecule has 0 aromatic heterocycles. The van der Waals surface area contributed by atoms with E-state index in [1.165, 1.54) is 44.1 Å². The lowest BCUT2D eigenvalue weighted by molar-refractivity contribution is 0.0559. The molecule has 2 N–H and O–H groups in total. The number of nitrogens with one attached hydrogen (secondary N) is 1. The fourth-order valence-electron chi connectivity index (χ4n) is 4.45. The lowest BCUT2D eigenvalue weighted by Crippen LogP contribution is -2.53. The van der Waals surface area contributed by atoms with Crippen LogP contribution in [0.5, 0.6) is 0 Å². The van der Waals surface area contributed by atoms with Crippen LogP contribution in [0.4, 0.5) is 0 Å². The van der Waals surface area contributed by atoms with Gasteiger partial charge in [0.25, 0.3) is 0 Å². The molecule has 1 rings (SSSR count). The molecule has 1 aliphatic rings. The SMILES string of the molecule is C=C(C)CC[C@@](C)(CCCC)C[C@@]1(C)CCN[C@](C)(C(=C)O)C1. The summed E-state index contributed by atoms with van der Waals surface area (Å²) in [5.74, 6) is 0.278. The Morgan fingerprint density at radius 3 is 2.43 bits per heavy atom. The van der Waals surface area contributed by atoms with Crippen LogP contribution in [0.3, 0.4) is 0 Å². The quantitative estimate of drug-likeness (QED) is 0.394. The van der Waals surface area contributed by atoms with E-state index >= 15 is 0 Å². The van der Waals surface area contributed by atoms with Gasteiger partial charge in [0.05, 0.1) is 5.54 Å². The number of hydrogen-bond acceptors (Lipinski definition) is 2. The van der Waals surface area contributed by atoms with Crippen LogP contribution < -0.4 is 5.32 Å². The van der Waals surface area contributed by atoms with Crippen LogP contribution in [-0.2, 0) is 0 Å². The second kappa shape index (κ2) is 7.88. The molecule has 1 aliphatic heterocycles. The van der Waals surface area contributed by atoms with Gasteiger partial charge in [-0.1, -0.05) is 45.8 Å². The molecule has 1 saturated heterocycles. The number of unbranched alkanes of at least 4 members (excludes halogenated alkanes) is 1. The van der Waals surface area contributed by atoms with Crippen molar-refractivity contribution in [3.63, 3.8) is 0 Å². The molecule has 3 atom stereocenters. The molecule has 1 heterocycles. The van der Waals surface area contributed by atoms with E-state index in [-0.39, 0.29) is 16.7 Å². The highest BCUT2D eigenvalue weighted by atomic mass is 16.3. The van der Waals surface area contributed by atoms with Gasteiger partial charge in [-0.3, -0.25) is 0 Å². The predicted octanol–water partition coefficient (Wildman–Crippen LogP) is 6.15. The molecule has 0 spiro atoms. The van der Waals surface area contributed by atoms with E-state index < -0.39 is 0 Å². The number of rotatable bonds is 9. The van der Waals surface area contributed by atoms with Crippen LogP contribution >= 0.6 is 0 Å². The topological polar surface area (TPSA) is 32.3 Å². The Kier molecular flexibility index (Phi) is 6.95. The minimum absolute atomic E-state index is 0.253. The van der Waals surface area contributed by atoms with Crippen LogP contribution in [0.15, 0.2) is 24.5 Å². The first kappa shape index (κ1) is 20.3. The van der Waals surface area contributed by atoms with Gasteiger partial charge in [0.1, 0.15) is 5.76 Å². The van der Waals surface area contributed by atoms with Crippen LogP contribution in [0, 0.1) is 10.8 Å². The molecule has 2 heteroatoms. The summed E-state index contributed by atoms with van der Waals surface area (Å²) in [6.07, 6.45) is 9.54.